The minimum absolute atomic E-state index is 0.555. The highest BCUT2D eigenvalue weighted by Crippen LogP contribution is 2.11. The van der Waals surface area contributed by atoms with E-state index in [1.54, 1.807) is 6.08 Å². The standard InChI is InChI=1S/C18H28O/c1-6-9-18(19)14-17(5)13-8-12-16(4)11-7-10-15(2)3/h9-10,12,14,18-19H,1,7-8,11,13H2,2-5H3/b16-12+,17-14-. The van der Waals surface area contributed by atoms with Gasteiger partial charge >= 0.3 is 0 Å². The summed E-state index contributed by atoms with van der Waals surface area (Å²) >= 11 is 0. The molecule has 1 heteroatoms. The normalized spacial score (nSPS) is 13.7. The average Bonchev–Trinajstić information content (AvgIpc) is 2.28. The molecule has 1 atom stereocenters. The summed E-state index contributed by atoms with van der Waals surface area (Å²) in [5, 5.41) is 9.54. The Kier molecular flexibility index (Phi) is 9.88. The van der Waals surface area contributed by atoms with E-state index in [2.05, 4.69) is 45.2 Å². The maximum absolute atomic E-state index is 9.54. The monoisotopic (exact) mass is 260 g/mol. The Balaban J connectivity index is 4.06. The fraction of sp³-hybridized carbons (Fsp3) is 0.500. The second-order valence-electron chi connectivity index (χ2n) is 5.28. The largest absolute Gasteiger partial charge is 0.384 e. The van der Waals surface area contributed by atoms with Gasteiger partial charge in [0.15, 0.2) is 0 Å². The maximum Gasteiger partial charge on any atom is 0.0978 e. The molecule has 106 valence electrons. The van der Waals surface area contributed by atoms with Gasteiger partial charge in [0, 0.05) is 0 Å². The van der Waals surface area contributed by atoms with Crippen LogP contribution >= 0.6 is 0 Å². The molecule has 0 fully saturated rings. The summed E-state index contributed by atoms with van der Waals surface area (Å²) in [6, 6.07) is 0. The first-order chi connectivity index (χ1) is 8.95. The molecule has 0 saturated carbocycles. The summed E-state index contributed by atoms with van der Waals surface area (Å²) in [5.41, 5.74) is 6.62. The molecule has 1 N–H and O–H groups in total. The van der Waals surface area contributed by atoms with Crippen LogP contribution in [0.1, 0.15) is 53.4 Å². The molecule has 0 aromatic carbocycles. The van der Waals surface area contributed by atoms with E-state index in [4.69, 9.17) is 0 Å². The van der Waals surface area contributed by atoms with Crippen molar-refractivity contribution in [3.05, 3.63) is 53.3 Å². The highest BCUT2D eigenvalue weighted by atomic mass is 16.3. The fourth-order valence-electron chi connectivity index (χ4n) is 1.78. The third kappa shape index (κ3) is 11.5. The predicted molar refractivity (Wildman–Crippen MR) is 85.1 cm³/mol. The van der Waals surface area contributed by atoms with Gasteiger partial charge in [0.25, 0.3) is 0 Å². The quantitative estimate of drug-likeness (QED) is 0.475. The van der Waals surface area contributed by atoms with Crippen molar-refractivity contribution in [1.82, 2.24) is 0 Å². The van der Waals surface area contributed by atoms with Crippen LogP contribution in [-0.2, 0) is 0 Å². The number of hydrogen-bond acceptors (Lipinski definition) is 1. The summed E-state index contributed by atoms with van der Waals surface area (Å²) in [4.78, 5) is 0. The van der Waals surface area contributed by atoms with Crippen LogP contribution in [0.2, 0.25) is 0 Å². The molecule has 0 saturated heterocycles. The number of hydrogen-bond donors (Lipinski definition) is 1. The second-order valence-corrected chi connectivity index (χ2v) is 5.28. The Morgan fingerprint density at radius 3 is 2.21 bits per heavy atom. The minimum atomic E-state index is -0.555. The molecule has 1 nitrogen and oxygen atoms in total. The third-order valence-electron chi connectivity index (χ3n) is 2.87. The average molecular weight is 260 g/mol. The summed E-state index contributed by atoms with van der Waals surface area (Å²) in [6.07, 6.45) is 11.7. The van der Waals surface area contributed by atoms with Crippen molar-refractivity contribution >= 4 is 0 Å². The van der Waals surface area contributed by atoms with E-state index in [1.807, 2.05) is 13.0 Å². The van der Waals surface area contributed by atoms with Crippen molar-refractivity contribution in [2.75, 3.05) is 0 Å². The van der Waals surface area contributed by atoms with Crippen LogP contribution < -0.4 is 0 Å². The van der Waals surface area contributed by atoms with E-state index in [0.717, 1.165) is 25.7 Å². The van der Waals surface area contributed by atoms with Gasteiger partial charge in [0.05, 0.1) is 6.10 Å². The molecule has 0 radical (unpaired) electrons. The zero-order valence-corrected chi connectivity index (χ0v) is 12.9. The lowest BCUT2D eigenvalue weighted by molar-refractivity contribution is 0.270. The van der Waals surface area contributed by atoms with E-state index in [9.17, 15) is 5.11 Å². The predicted octanol–water partition coefficient (Wildman–Crippen LogP) is 5.11. The van der Waals surface area contributed by atoms with E-state index in [-0.39, 0.29) is 0 Å². The van der Waals surface area contributed by atoms with Gasteiger partial charge in [-0.15, -0.1) is 5.73 Å². The summed E-state index contributed by atoms with van der Waals surface area (Å²) < 4.78 is 0. The van der Waals surface area contributed by atoms with Crippen molar-refractivity contribution < 1.29 is 5.11 Å². The fourth-order valence-corrected chi connectivity index (χ4v) is 1.78. The molecule has 0 aliphatic rings. The molecule has 0 aliphatic carbocycles. The molecule has 0 amide bonds. The van der Waals surface area contributed by atoms with Crippen LogP contribution in [0.5, 0.6) is 0 Å². The first-order valence-corrected chi connectivity index (χ1v) is 6.96. The molecular weight excluding hydrogens is 232 g/mol. The SMILES string of the molecule is C=C=CC(O)/C=C(/C)CC/C=C(\C)CCC=C(C)C. The van der Waals surface area contributed by atoms with Crippen molar-refractivity contribution in [3.8, 4) is 0 Å². The lowest BCUT2D eigenvalue weighted by Gasteiger charge is -2.03. The van der Waals surface area contributed by atoms with Gasteiger partial charge in [-0.3, -0.25) is 0 Å². The van der Waals surface area contributed by atoms with Gasteiger partial charge < -0.3 is 5.11 Å². The Morgan fingerprint density at radius 2 is 1.63 bits per heavy atom. The van der Waals surface area contributed by atoms with Crippen LogP contribution in [0.3, 0.4) is 0 Å². The van der Waals surface area contributed by atoms with Crippen molar-refractivity contribution in [1.29, 1.82) is 0 Å². The van der Waals surface area contributed by atoms with Crippen LogP contribution in [0, 0.1) is 0 Å². The third-order valence-corrected chi connectivity index (χ3v) is 2.87. The smallest absolute Gasteiger partial charge is 0.0978 e. The van der Waals surface area contributed by atoms with Gasteiger partial charge in [-0.05, 0) is 59.5 Å². The zero-order valence-electron chi connectivity index (χ0n) is 12.9. The Labute approximate surface area is 118 Å². The molecule has 0 heterocycles. The lowest BCUT2D eigenvalue weighted by Crippen LogP contribution is -1.97. The van der Waals surface area contributed by atoms with Gasteiger partial charge in [-0.2, -0.15) is 0 Å². The Bertz CT molecular complexity index is 386. The maximum atomic E-state index is 9.54. The summed E-state index contributed by atoms with van der Waals surface area (Å²) in [6.45, 7) is 12.0. The molecule has 0 bridgehead atoms. The van der Waals surface area contributed by atoms with Gasteiger partial charge in [-0.1, -0.05) is 41.5 Å². The highest BCUT2D eigenvalue weighted by Gasteiger charge is 1.95. The molecular formula is C18H28O. The Morgan fingerprint density at radius 1 is 1.05 bits per heavy atom. The van der Waals surface area contributed by atoms with Crippen LogP contribution in [0.15, 0.2) is 53.3 Å². The van der Waals surface area contributed by atoms with E-state index >= 15 is 0 Å². The van der Waals surface area contributed by atoms with Crippen LogP contribution in [0.4, 0.5) is 0 Å². The molecule has 1 unspecified atom stereocenters. The number of allylic oxidation sites excluding steroid dienone is 5. The van der Waals surface area contributed by atoms with Crippen LogP contribution in [-0.4, -0.2) is 11.2 Å². The Hall–Kier alpha value is -1.30. The summed E-state index contributed by atoms with van der Waals surface area (Å²) in [7, 11) is 0. The van der Waals surface area contributed by atoms with Crippen molar-refractivity contribution in [3.63, 3.8) is 0 Å². The number of rotatable bonds is 8. The van der Waals surface area contributed by atoms with Gasteiger partial charge in [0.1, 0.15) is 0 Å². The van der Waals surface area contributed by atoms with Gasteiger partial charge in [0.2, 0.25) is 0 Å². The zero-order chi connectivity index (χ0) is 14.7. The lowest BCUT2D eigenvalue weighted by atomic mass is 10.1. The first-order valence-electron chi connectivity index (χ1n) is 6.96. The topological polar surface area (TPSA) is 20.2 Å². The second kappa shape index (κ2) is 10.6. The van der Waals surface area contributed by atoms with E-state index in [0.29, 0.717) is 0 Å². The molecule has 0 rings (SSSR count). The van der Waals surface area contributed by atoms with E-state index < -0.39 is 6.10 Å². The first kappa shape index (κ1) is 17.7. The van der Waals surface area contributed by atoms with Crippen molar-refractivity contribution in [2.24, 2.45) is 0 Å². The molecule has 0 aromatic heterocycles. The summed E-state index contributed by atoms with van der Waals surface area (Å²) in [5.74, 6) is 0. The van der Waals surface area contributed by atoms with Crippen LogP contribution in [0.25, 0.3) is 0 Å². The van der Waals surface area contributed by atoms with Crippen molar-refractivity contribution in [2.45, 2.75) is 59.5 Å². The van der Waals surface area contributed by atoms with Gasteiger partial charge in [-0.25, -0.2) is 0 Å². The number of aliphatic hydroxyl groups is 1. The molecule has 19 heavy (non-hydrogen) atoms. The molecule has 0 spiro atoms. The van der Waals surface area contributed by atoms with E-state index in [1.165, 1.54) is 16.7 Å². The molecule has 0 aliphatic heterocycles. The minimum Gasteiger partial charge on any atom is -0.384 e. The number of aliphatic hydroxyl groups excluding tert-OH is 1. The molecule has 0 aromatic rings. The highest BCUT2D eigenvalue weighted by molar-refractivity contribution is 5.09.